The van der Waals surface area contributed by atoms with E-state index >= 15 is 0 Å². The molecule has 0 aliphatic heterocycles. The average Bonchev–Trinajstić information content (AvgIpc) is 2.80. The van der Waals surface area contributed by atoms with Gasteiger partial charge in [-0.3, -0.25) is 0 Å². The Morgan fingerprint density at radius 2 is 0.781 bits per heavy atom. The summed E-state index contributed by atoms with van der Waals surface area (Å²) in [5.41, 5.74) is 0. The molecule has 2 atom stereocenters. The van der Waals surface area contributed by atoms with Gasteiger partial charge in [0.2, 0.25) is 0 Å². The molecular formula is C31H65N. The minimum absolute atomic E-state index is 0.957. The highest BCUT2D eigenvalue weighted by Gasteiger charge is 2.08. The van der Waals surface area contributed by atoms with Crippen molar-refractivity contribution in [3.05, 3.63) is 0 Å². The Balaban J connectivity index is 3.56. The molecule has 1 nitrogen and oxygen atoms in total. The van der Waals surface area contributed by atoms with E-state index in [2.05, 4.69) is 33.1 Å². The maximum atomic E-state index is 3.38. The van der Waals surface area contributed by atoms with E-state index in [9.17, 15) is 0 Å². The van der Waals surface area contributed by atoms with Gasteiger partial charge in [-0.1, -0.05) is 168 Å². The molecule has 0 rings (SSSR count). The number of hydrogen-bond acceptors (Lipinski definition) is 1. The van der Waals surface area contributed by atoms with E-state index in [1.54, 1.807) is 0 Å². The zero-order valence-electron chi connectivity index (χ0n) is 23.3. The molecule has 0 radical (unpaired) electrons. The molecule has 0 aromatic heterocycles. The summed E-state index contributed by atoms with van der Waals surface area (Å²) >= 11 is 0. The lowest BCUT2D eigenvalue weighted by Gasteiger charge is -2.17. The van der Waals surface area contributed by atoms with Crippen molar-refractivity contribution < 1.29 is 0 Å². The second-order valence-electron chi connectivity index (χ2n) is 11.0. The molecular weight excluding hydrogens is 386 g/mol. The van der Waals surface area contributed by atoms with Crippen LogP contribution in [0.4, 0.5) is 0 Å². The summed E-state index contributed by atoms with van der Waals surface area (Å²) in [6.07, 6.45) is 34.9. The maximum absolute atomic E-state index is 3.38. The molecule has 1 N–H and O–H groups in total. The second kappa shape index (κ2) is 27.2. The molecule has 32 heavy (non-hydrogen) atoms. The molecule has 2 unspecified atom stereocenters. The Hall–Kier alpha value is -0.0400. The molecule has 0 aromatic carbocycles. The van der Waals surface area contributed by atoms with Crippen LogP contribution in [0.1, 0.15) is 175 Å². The van der Waals surface area contributed by atoms with Gasteiger partial charge in [0.25, 0.3) is 0 Å². The highest BCUT2D eigenvalue weighted by molar-refractivity contribution is 4.63. The minimum Gasteiger partial charge on any atom is -0.320 e. The standard InChI is InChI=1S/C31H65N/c1-5-7-9-11-13-16-20-24-30(3)25-21-17-15-19-23-27-31(28-29-32-4)26-22-18-14-12-10-8-6-2/h30-32H,5-29H2,1-4H3. The van der Waals surface area contributed by atoms with Crippen molar-refractivity contribution in [3.8, 4) is 0 Å². The number of rotatable bonds is 27. The van der Waals surface area contributed by atoms with E-state index in [0.717, 1.165) is 11.8 Å². The summed E-state index contributed by atoms with van der Waals surface area (Å²) < 4.78 is 0. The topological polar surface area (TPSA) is 12.0 Å². The zero-order valence-corrected chi connectivity index (χ0v) is 23.3. The van der Waals surface area contributed by atoms with Crippen LogP contribution in [0.15, 0.2) is 0 Å². The van der Waals surface area contributed by atoms with E-state index in [1.165, 1.54) is 161 Å². The van der Waals surface area contributed by atoms with Crippen LogP contribution in [-0.2, 0) is 0 Å². The molecule has 0 spiro atoms. The minimum atomic E-state index is 0.957. The largest absolute Gasteiger partial charge is 0.320 e. The van der Waals surface area contributed by atoms with Gasteiger partial charge < -0.3 is 5.32 Å². The fourth-order valence-corrected chi connectivity index (χ4v) is 5.22. The van der Waals surface area contributed by atoms with Gasteiger partial charge in [0.1, 0.15) is 0 Å². The highest BCUT2D eigenvalue weighted by Crippen LogP contribution is 2.23. The van der Waals surface area contributed by atoms with Crippen LogP contribution in [0, 0.1) is 11.8 Å². The van der Waals surface area contributed by atoms with E-state index in [0.29, 0.717) is 0 Å². The zero-order chi connectivity index (χ0) is 23.5. The summed E-state index contributed by atoms with van der Waals surface area (Å²) in [4.78, 5) is 0. The van der Waals surface area contributed by atoms with Gasteiger partial charge in [-0.25, -0.2) is 0 Å². The summed E-state index contributed by atoms with van der Waals surface area (Å²) in [5.74, 6) is 1.93. The van der Waals surface area contributed by atoms with Gasteiger partial charge >= 0.3 is 0 Å². The first-order chi connectivity index (χ1) is 15.7. The van der Waals surface area contributed by atoms with Crippen molar-refractivity contribution in [2.24, 2.45) is 11.8 Å². The molecule has 0 heterocycles. The molecule has 0 saturated heterocycles. The summed E-state index contributed by atoms with van der Waals surface area (Å²) in [6.45, 7) is 8.32. The number of nitrogens with one attached hydrogen (secondary N) is 1. The van der Waals surface area contributed by atoms with Crippen LogP contribution in [0.25, 0.3) is 0 Å². The van der Waals surface area contributed by atoms with Gasteiger partial charge in [-0.15, -0.1) is 0 Å². The molecule has 0 bridgehead atoms. The van der Waals surface area contributed by atoms with Gasteiger partial charge in [0.15, 0.2) is 0 Å². The summed E-state index contributed by atoms with van der Waals surface area (Å²) in [5, 5.41) is 3.38. The molecule has 1 heteroatoms. The molecule has 0 aliphatic rings. The lowest BCUT2D eigenvalue weighted by molar-refractivity contribution is 0.375. The van der Waals surface area contributed by atoms with Crippen LogP contribution in [0.5, 0.6) is 0 Å². The molecule has 0 fully saturated rings. The summed E-state index contributed by atoms with van der Waals surface area (Å²) in [6, 6.07) is 0. The van der Waals surface area contributed by atoms with Crippen molar-refractivity contribution >= 4 is 0 Å². The van der Waals surface area contributed by atoms with E-state index in [4.69, 9.17) is 0 Å². The number of unbranched alkanes of at least 4 members (excludes halogenated alkanes) is 16. The third kappa shape index (κ3) is 24.6. The van der Waals surface area contributed by atoms with Crippen LogP contribution < -0.4 is 5.32 Å². The first kappa shape index (κ1) is 32.0. The molecule has 0 aliphatic carbocycles. The van der Waals surface area contributed by atoms with Crippen LogP contribution in [-0.4, -0.2) is 13.6 Å². The Morgan fingerprint density at radius 3 is 1.16 bits per heavy atom. The molecule has 194 valence electrons. The lowest BCUT2D eigenvalue weighted by atomic mass is 9.91. The molecule has 0 amide bonds. The van der Waals surface area contributed by atoms with E-state index < -0.39 is 0 Å². The van der Waals surface area contributed by atoms with Crippen molar-refractivity contribution in [1.82, 2.24) is 5.32 Å². The Morgan fingerprint density at radius 1 is 0.438 bits per heavy atom. The Labute approximate surface area is 205 Å². The van der Waals surface area contributed by atoms with E-state index in [1.807, 2.05) is 0 Å². The molecule has 0 saturated carbocycles. The van der Waals surface area contributed by atoms with Crippen LogP contribution in [0.3, 0.4) is 0 Å². The SMILES string of the molecule is CCCCCCCCCC(C)CCCCCCCC(CCCCCCCCC)CCNC. The predicted molar refractivity (Wildman–Crippen MR) is 149 cm³/mol. The Kier molecular flexibility index (Phi) is 27.2. The van der Waals surface area contributed by atoms with Crippen molar-refractivity contribution in [2.45, 2.75) is 175 Å². The third-order valence-electron chi connectivity index (χ3n) is 7.63. The first-order valence-corrected chi connectivity index (χ1v) is 15.4. The third-order valence-corrected chi connectivity index (χ3v) is 7.63. The van der Waals surface area contributed by atoms with Crippen molar-refractivity contribution in [2.75, 3.05) is 13.6 Å². The van der Waals surface area contributed by atoms with Gasteiger partial charge in [0, 0.05) is 0 Å². The lowest BCUT2D eigenvalue weighted by Crippen LogP contribution is -2.13. The fraction of sp³-hybridized carbons (Fsp3) is 1.00. The fourth-order valence-electron chi connectivity index (χ4n) is 5.22. The predicted octanol–water partition coefficient (Wildman–Crippen LogP) is 10.9. The maximum Gasteiger partial charge on any atom is -0.00493 e. The normalized spacial score (nSPS) is 13.5. The van der Waals surface area contributed by atoms with E-state index in [-0.39, 0.29) is 0 Å². The second-order valence-corrected chi connectivity index (χ2v) is 11.0. The van der Waals surface area contributed by atoms with Crippen LogP contribution in [0.2, 0.25) is 0 Å². The van der Waals surface area contributed by atoms with Crippen LogP contribution >= 0.6 is 0 Å². The highest BCUT2D eigenvalue weighted by atomic mass is 14.8. The molecule has 0 aromatic rings. The smallest absolute Gasteiger partial charge is 0.00493 e. The first-order valence-electron chi connectivity index (χ1n) is 15.4. The van der Waals surface area contributed by atoms with Crippen molar-refractivity contribution in [3.63, 3.8) is 0 Å². The quantitative estimate of drug-likeness (QED) is 0.122. The van der Waals surface area contributed by atoms with Crippen molar-refractivity contribution in [1.29, 1.82) is 0 Å². The number of hydrogen-bond donors (Lipinski definition) is 1. The Bertz CT molecular complexity index is 326. The van der Waals surface area contributed by atoms with Gasteiger partial charge in [0.05, 0.1) is 0 Å². The average molecular weight is 452 g/mol. The van der Waals surface area contributed by atoms with Gasteiger partial charge in [-0.05, 0) is 31.8 Å². The monoisotopic (exact) mass is 452 g/mol. The summed E-state index contributed by atoms with van der Waals surface area (Å²) in [7, 11) is 2.11. The van der Waals surface area contributed by atoms with Gasteiger partial charge in [-0.2, -0.15) is 0 Å².